The number of benzene rings is 1. The lowest BCUT2D eigenvalue weighted by Gasteiger charge is -2.32. The molecule has 2 rings (SSSR count). The maximum Gasteiger partial charge on any atom is 0.223 e. The van der Waals surface area contributed by atoms with Crippen LogP contribution in [0.4, 0.5) is 8.78 Å². The Morgan fingerprint density at radius 2 is 2.09 bits per heavy atom. The normalized spacial score (nSPS) is 18.2. The summed E-state index contributed by atoms with van der Waals surface area (Å²) in [4.78, 5) is 13.8. The van der Waals surface area contributed by atoms with Crippen molar-refractivity contribution in [3.8, 4) is 0 Å². The Morgan fingerprint density at radius 3 is 2.68 bits per heavy atom. The minimum Gasteiger partial charge on any atom is -0.387 e. The zero-order valence-electron chi connectivity index (χ0n) is 12.7. The third-order valence-corrected chi connectivity index (χ3v) is 4.06. The highest BCUT2D eigenvalue weighted by molar-refractivity contribution is 5.78. The first-order valence-electron chi connectivity index (χ1n) is 7.64. The van der Waals surface area contributed by atoms with Gasteiger partial charge in [0.15, 0.2) is 0 Å². The number of halogens is 2. The Labute approximate surface area is 129 Å². The molecule has 1 aromatic rings. The van der Waals surface area contributed by atoms with Crippen molar-refractivity contribution in [1.82, 2.24) is 10.2 Å². The average Bonchev–Trinajstić information content (AvgIpc) is 2.48. The van der Waals surface area contributed by atoms with Crippen molar-refractivity contribution < 1.29 is 18.7 Å². The van der Waals surface area contributed by atoms with Gasteiger partial charge in [0, 0.05) is 30.6 Å². The second-order valence-corrected chi connectivity index (χ2v) is 5.65. The van der Waals surface area contributed by atoms with E-state index in [2.05, 4.69) is 5.32 Å². The molecule has 1 atom stereocenters. The second kappa shape index (κ2) is 7.65. The van der Waals surface area contributed by atoms with Crippen LogP contribution in [0.5, 0.6) is 0 Å². The largest absolute Gasteiger partial charge is 0.387 e. The van der Waals surface area contributed by atoms with E-state index in [4.69, 9.17) is 0 Å². The van der Waals surface area contributed by atoms with Crippen LogP contribution in [0.1, 0.15) is 31.4 Å². The van der Waals surface area contributed by atoms with Crippen molar-refractivity contribution in [2.24, 2.45) is 5.92 Å². The summed E-state index contributed by atoms with van der Waals surface area (Å²) in [6, 6.07) is 3.19. The summed E-state index contributed by atoms with van der Waals surface area (Å²) in [5.74, 6) is -1.30. The SMILES string of the molecule is CCNC(=O)C1CCN(CC(O)c2ccc(F)cc2F)CC1. The molecule has 1 aliphatic heterocycles. The molecular weight excluding hydrogens is 290 g/mol. The molecule has 1 amide bonds. The van der Waals surface area contributed by atoms with Crippen LogP contribution in [-0.2, 0) is 4.79 Å². The summed E-state index contributed by atoms with van der Waals surface area (Å²) in [6.07, 6.45) is 0.455. The molecule has 2 N–H and O–H groups in total. The van der Waals surface area contributed by atoms with E-state index in [0.717, 1.165) is 25.0 Å². The molecule has 0 bridgehead atoms. The van der Waals surface area contributed by atoms with E-state index in [9.17, 15) is 18.7 Å². The van der Waals surface area contributed by atoms with E-state index >= 15 is 0 Å². The second-order valence-electron chi connectivity index (χ2n) is 5.65. The summed E-state index contributed by atoms with van der Waals surface area (Å²) in [7, 11) is 0. The van der Waals surface area contributed by atoms with Crippen molar-refractivity contribution >= 4 is 5.91 Å². The van der Waals surface area contributed by atoms with Crippen LogP contribution in [0.25, 0.3) is 0 Å². The van der Waals surface area contributed by atoms with Crippen molar-refractivity contribution in [3.63, 3.8) is 0 Å². The molecule has 0 aliphatic carbocycles. The van der Waals surface area contributed by atoms with Gasteiger partial charge in [-0.05, 0) is 38.9 Å². The molecule has 1 saturated heterocycles. The van der Waals surface area contributed by atoms with E-state index < -0.39 is 17.7 Å². The topological polar surface area (TPSA) is 52.6 Å². The van der Waals surface area contributed by atoms with Gasteiger partial charge in [0.1, 0.15) is 11.6 Å². The maximum absolute atomic E-state index is 13.6. The molecule has 122 valence electrons. The van der Waals surface area contributed by atoms with Crippen LogP contribution < -0.4 is 5.32 Å². The first-order valence-corrected chi connectivity index (χ1v) is 7.64. The van der Waals surface area contributed by atoms with Crippen LogP contribution in [0.2, 0.25) is 0 Å². The minimum atomic E-state index is -0.999. The lowest BCUT2D eigenvalue weighted by Crippen LogP contribution is -2.41. The molecule has 1 aliphatic rings. The Hall–Kier alpha value is -1.53. The number of rotatable bonds is 5. The van der Waals surface area contributed by atoms with Gasteiger partial charge >= 0.3 is 0 Å². The van der Waals surface area contributed by atoms with Crippen molar-refractivity contribution in [2.45, 2.75) is 25.9 Å². The maximum atomic E-state index is 13.6. The van der Waals surface area contributed by atoms with Gasteiger partial charge in [0.2, 0.25) is 5.91 Å². The molecular formula is C16H22F2N2O2. The number of hydrogen-bond acceptors (Lipinski definition) is 3. The zero-order valence-corrected chi connectivity index (χ0v) is 12.7. The van der Waals surface area contributed by atoms with E-state index in [1.807, 2.05) is 11.8 Å². The summed E-state index contributed by atoms with van der Waals surface area (Å²) in [5.41, 5.74) is 0.104. The van der Waals surface area contributed by atoms with E-state index in [0.29, 0.717) is 19.6 Å². The minimum absolute atomic E-state index is 0.0101. The molecule has 22 heavy (non-hydrogen) atoms. The fourth-order valence-electron chi connectivity index (χ4n) is 2.81. The van der Waals surface area contributed by atoms with Crippen molar-refractivity contribution in [1.29, 1.82) is 0 Å². The highest BCUT2D eigenvalue weighted by Gasteiger charge is 2.26. The third-order valence-electron chi connectivity index (χ3n) is 4.06. The first-order chi connectivity index (χ1) is 10.5. The van der Waals surface area contributed by atoms with Crippen LogP contribution in [-0.4, -0.2) is 42.1 Å². The number of carbonyl (C=O) groups is 1. The summed E-state index contributed by atoms with van der Waals surface area (Å²) < 4.78 is 26.5. The quantitative estimate of drug-likeness (QED) is 0.872. The number of amides is 1. The highest BCUT2D eigenvalue weighted by Crippen LogP contribution is 2.23. The van der Waals surface area contributed by atoms with Gasteiger partial charge < -0.3 is 15.3 Å². The lowest BCUT2D eigenvalue weighted by atomic mass is 9.95. The Balaban J connectivity index is 1.86. The summed E-state index contributed by atoms with van der Waals surface area (Å²) >= 11 is 0. The number of hydrogen-bond donors (Lipinski definition) is 2. The summed E-state index contributed by atoms with van der Waals surface area (Å²) in [5, 5.41) is 12.9. The molecule has 4 nitrogen and oxygen atoms in total. The van der Waals surface area contributed by atoms with Crippen molar-refractivity contribution in [3.05, 3.63) is 35.4 Å². The molecule has 1 aromatic carbocycles. The molecule has 1 heterocycles. The Bertz CT molecular complexity index is 517. The number of aliphatic hydroxyl groups excluding tert-OH is 1. The van der Waals surface area contributed by atoms with Gasteiger partial charge in [-0.1, -0.05) is 6.07 Å². The fraction of sp³-hybridized carbons (Fsp3) is 0.562. The predicted molar refractivity (Wildman–Crippen MR) is 79.2 cm³/mol. The molecule has 0 saturated carbocycles. The molecule has 1 fully saturated rings. The van der Waals surface area contributed by atoms with E-state index in [-0.39, 0.29) is 23.9 Å². The van der Waals surface area contributed by atoms with Crippen LogP contribution in [0, 0.1) is 17.6 Å². The zero-order chi connectivity index (χ0) is 16.1. The number of piperidine rings is 1. The standard InChI is InChI=1S/C16H22F2N2O2/c1-2-19-16(22)11-5-7-20(8-6-11)10-15(21)13-4-3-12(17)9-14(13)18/h3-4,9,11,15,21H,2,5-8,10H2,1H3,(H,19,22). The average molecular weight is 312 g/mol. The molecule has 0 radical (unpaired) electrons. The smallest absolute Gasteiger partial charge is 0.223 e. The third kappa shape index (κ3) is 4.24. The van der Waals surface area contributed by atoms with Gasteiger partial charge in [-0.3, -0.25) is 4.79 Å². The summed E-state index contributed by atoms with van der Waals surface area (Å²) in [6.45, 7) is 4.16. The van der Waals surface area contributed by atoms with Gasteiger partial charge in [-0.25, -0.2) is 8.78 Å². The highest BCUT2D eigenvalue weighted by atomic mass is 19.1. The van der Waals surface area contributed by atoms with Gasteiger partial charge in [-0.2, -0.15) is 0 Å². The number of nitrogens with zero attached hydrogens (tertiary/aromatic N) is 1. The van der Waals surface area contributed by atoms with Crippen molar-refractivity contribution in [2.75, 3.05) is 26.2 Å². The lowest BCUT2D eigenvalue weighted by molar-refractivity contribution is -0.126. The predicted octanol–water partition coefficient (Wildman–Crippen LogP) is 1.85. The van der Waals surface area contributed by atoms with Crippen LogP contribution in [0.15, 0.2) is 18.2 Å². The van der Waals surface area contributed by atoms with Crippen LogP contribution >= 0.6 is 0 Å². The van der Waals surface area contributed by atoms with Gasteiger partial charge in [0.05, 0.1) is 6.10 Å². The molecule has 1 unspecified atom stereocenters. The number of aliphatic hydroxyl groups is 1. The monoisotopic (exact) mass is 312 g/mol. The Morgan fingerprint density at radius 1 is 1.41 bits per heavy atom. The number of nitrogens with one attached hydrogen (secondary N) is 1. The number of likely N-dealkylation sites (tertiary alicyclic amines) is 1. The van der Waals surface area contributed by atoms with Crippen LogP contribution in [0.3, 0.4) is 0 Å². The first kappa shape index (κ1) is 16.8. The molecule has 0 aromatic heterocycles. The number of carbonyl (C=O) groups excluding carboxylic acids is 1. The van der Waals surface area contributed by atoms with E-state index in [1.165, 1.54) is 6.07 Å². The molecule has 0 spiro atoms. The van der Waals surface area contributed by atoms with Gasteiger partial charge in [-0.15, -0.1) is 0 Å². The fourth-order valence-corrected chi connectivity index (χ4v) is 2.81. The molecule has 6 heteroatoms. The number of β-amino-alcohol motifs (C(OH)–C–C–N with tert-alkyl or cyclic N) is 1. The Kier molecular flexibility index (Phi) is 5.85. The van der Waals surface area contributed by atoms with E-state index in [1.54, 1.807) is 0 Å². The van der Waals surface area contributed by atoms with Gasteiger partial charge in [0.25, 0.3) is 0 Å².